The van der Waals surface area contributed by atoms with E-state index in [2.05, 4.69) is 15.7 Å². The van der Waals surface area contributed by atoms with Crippen LogP contribution in [0.4, 0.5) is 11.5 Å². The zero-order valence-electron chi connectivity index (χ0n) is 14.7. The van der Waals surface area contributed by atoms with Gasteiger partial charge in [0, 0.05) is 10.6 Å². The molecule has 1 atom stereocenters. The van der Waals surface area contributed by atoms with Gasteiger partial charge in [0.25, 0.3) is 5.91 Å². The number of ether oxygens (including phenoxy) is 1. The molecule has 28 heavy (non-hydrogen) atoms. The van der Waals surface area contributed by atoms with E-state index in [0.717, 1.165) is 4.88 Å². The van der Waals surface area contributed by atoms with Crippen molar-refractivity contribution in [1.82, 2.24) is 9.78 Å². The fourth-order valence-electron chi connectivity index (χ4n) is 2.92. The normalized spacial score (nSPS) is 15.2. The molecule has 1 amide bonds. The van der Waals surface area contributed by atoms with Gasteiger partial charge in [-0.2, -0.15) is 5.10 Å². The van der Waals surface area contributed by atoms with E-state index in [1.807, 2.05) is 17.5 Å². The highest BCUT2D eigenvalue weighted by Gasteiger charge is 2.29. The smallest absolute Gasteiger partial charge is 0.352 e. The number of allylic oxidation sites excluding steroid dienone is 1. The number of hydrogen-bond acceptors (Lipinski definition) is 6. The minimum absolute atomic E-state index is 0.00453. The van der Waals surface area contributed by atoms with E-state index in [1.165, 1.54) is 17.5 Å². The summed E-state index contributed by atoms with van der Waals surface area (Å²) in [4.78, 5) is 25.3. The Kier molecular flexibility index (Phi) is 4.58. The summed E-state index contributed by atoms with van der Waals surface area (Å²) in [5.41, 5.74) is 0.847. The molecule has 0 bridgehead atoms. The van der Waals surface area contributed by atoms with Crippen LogP contribution in [0.15, 0.2) is 59.7 Å². The summed E-state index contributed by atoms with van der Waals surface area (Å²) in [5.74, 6) is -0.479. The molecule has 0 spiro atoms. The number of anilines is 2. The van der Waals surface area contributed by atoms with Crippen LogP contribution in [-0.2, 0) is 4.79 Å². The van der Waals surface area contributed by atoms with Crippen molar-refractivity contribution in [3.8, 4) is 5.75 Å². The molecule has 3 heterocycles. The van der Waals surface area contributed by atoms with Crippen LogP contribution in [0.1, 0.15) is 21.3 Å². The standard InChI is InChI=1S/C19H16N4O4S/c1-27-12-6-4-11(5-7-12)21-18(24)13-10-20-23-15(16-3-2-8-28-16)9-14(19(25)26)22-17(13)23/h2-10,15,22H,1H3,(H,21,24)(H,25,26)/t15-/m0/s1. The molecule has 0 saturated carbocycles. The summed E-state index contributed by atoms with van der Waals surface area (Å²) in [6, 6.07) is 10.3. The molecular weight excluding hydrogens is 380 g/mol. The minimum Gasteiger partial charge on any atom is -0.497 e. The van der Waals surface area contributed by atoms with Crippen molar-refractivity contribution in [2.45, 2.75) is 6.04 Å². The first-order valence-electron chi connectivity index (χ1n) is 8.35. The molecular formula is C19H16N4O4S. The summed E-state index contributed by atoms with van der Waals surface area (Å²) in [6.45, 7) is 0. The number of nitrogens with one attached hydrogen (secondary N) is 2. The molecule has 9 heteroatoms. The van der Waals surface area contributed by atoms with E-state index in [-0.39, 0.29) is 11.3 Å². The van der Waals surface area contributed by atoms with Crippen molar-refractivity contribution in [1.29, 1.82) is 0 Å². The van der Waals surface area contributed by atoms with Gasteiger partial charge in [-0.15, -0.1) is 11.3 Å². The van der Waals surface area contributed by atoms with Gasteiger partial charge in [-0.1, -0.05) is 6.07 Å². The van der Waals surface area contributed by atoms with Gasteiger partial charge in [0.05, 0.1) is 13.3 Å². The number of hydrogen-bond donors (Lipinski definition) is 3. The van der Waals surface area contributed by atoms with Crippen LogP contribution in [0.5, 0.6) is 5.75 Å². The summed E-state index contributed by atoms with van der Waals surface area (Å²) in [6.07, 6.45) is 3.01. The molecule has 0 radical (unpaired) electrons. The van der Waals surface area contributed by atoms with E-state index in [4.69, 9.17) is 4.74 Å². The number of methoxy groups -OCH3 is 1. The second kappa shape index (κ2) is 7.20. The molecule has 0 saturated heterocycles. The lowest BCUT2D eigenvalue weighted by Crippen LogP contribution is -2.25. The quantitative estimate of drug-likeness (QED) is 0.612. The second-order valence-corrected chi connectivity index (χ2v) is 6.98. The van der Waals surface area contributed by atoms with Gasteiger partial charge in [-0.3, -0.25) is 4.79 Å². The fourth-order valence-corrected chi connectivity index (χ4v) is 3.70. The average molecular weight is 396 g/mol. The molecule has 0 fully saturated rings. The van der Waals surface area contributed by atoms with E-state index >= 15 is 0 Å². The SMILES string of the molecule is COc1ccc(NC(=O)c2cnn3c2NC(C(=O)O)=C[C@H]3c2cccs2)cc1. The number of amides is 1. The van der Waals surface area contributed by atoms with Crippen molar-refractivity contribution >= 4 is 34.7 Å². The predicted octanol–water partition coefficient (Wildman–Crippen LogP) is 3.19. The average Bonchev–Trinajstić information content (AvgIpc) is 3.37. The van der Waals surface area contributed by atoms with E-state index in [1.54, 1.807) is 42.1 Å². The summed E-state index contributed by atoms with van der Waals surface area (Å²) < 4.78 is 6.72. The van der Waals surface area contributed by atoms with E-state index in [0.29, 0.717) is 17.3 Å². The van der Waals surface area contributed by atoms with Crippen LogP contribution < -0.4 is 15.4 Å². The highest BCUT2D eigenvalue weighted by Crippen LogP contribution is 2.34. The number of carbonyl (C=O) groups is 2. The Bertz CT molecular complexity index is 1050. The molecule has 4 rings (SSSR count). The number of carboxylic acid groups (broad SMARTS) is 1. The zero-order chi connectivity index (χ0) is 19.7. The Labute approximate surface area is 164 Å². The number of benzene rings is 1. The van der Waals surface area contributed by atoms with E-state index in [9.17, 15) is 14.7 Å². The molecule has 2 aromatic heterocycles. The first-order valence-corrected chi connectivity index (χ1v) is 9.23. The topological polar surface area (TPSA) is 105 Å². The van der Waals surface area contributed by atoms with Gasteiger partial charge < -0.3 is 20.5 Å². The highest BCUT2D eigenvalue weighted by molar-refractivity contribution is 7.10. The number of carbonyl (C=O) groups excluding carboxylic acids is 1. The van der Waals surface area contributed by atoms with Crippen molar-refractivity contribution in [3.63, 3.8) is 0 Å². The van der Waals surface area contributed by atoms with Crippen molar-refractivity contribution in [3.05, 3.63) is 70.2 Å². The number of thiophene rings is 1. The fraction of sp³-hybridized carbons (Fsp3) is 0.105. The Balaban J connectivity index is 1.66. The van der Waals surface area contributed by atoms with Crippen LogP contribution >= 0.6 is 11.3 Å². The summed E-state index contributed by atoms with van der Waals surface area (Å²) in [5, 5.41) is 21.3. The van der Waals surface area contributed by atoms with Gasteiger partial charge in [0.1, 0.15) is 28.9 Å². The molecule has 1 aromatic carbocycles. The maximum Gasteiger partial charge on any atom is 0.352 e. The molecule has 8 nitrogen and oxygen atoms in total. The number of nitrogens with zero attached hydrogens (tertiary/aromatic N) is 2. The third-order valence-corrected chi connectivity index (χ3v) is 5.24. The highest BCUT2D eigenvalue weighted by atomic mass is 32.1. The molecule has 3 aromatic rings. The molecule has 1 aliphatic rings. The van der Waals surface area contributed by atoms with Crippen LogP contribution in [0, 0.1) is 0 Å². The van der Waals surface area contributed by atoms with Crippen molar-refractivity contribution < 1.29 is 19.4 Å². The van der Waals surface area contributed by atoms with Crippen molar-refractivity contribution in [2.24, 2.45) is 0 Å². The Morgan fingerprint density at radius 2 is 2.07 bits per heavy atom. The third kappa shape index (κ3) is 3.23. The van der Waals surface area contributed by atoms with Crippen LogP contribution in [0.3, 0.4) is 0 Å². The Morgan fingerprint density at radius 3 is 2.71 bits per heavy atom. The lowest BCUT2D eigenvalue weighted by molar-refractivity contribution is -0.132. The Hall–Kier alpha value is -3.59. The summed E-state index contributed by atoms with van der Waals surface area (Å²) in [7, 11) is 1.57. The third-order valence-electron chi connectivity index (χ3n) is 4.29. The van der Waals surface area contributed by atoms with Crippen molar-refractivity contribution in [2.75, 3.05) is 17.7 Å². The van der Waals surface area contributed by atoms with Crippen LogP contribution in [-0.4, -0.2) is 33.9 Å². The number of aromatic nitrogens is 2. The van der Waals surface area contributed by atoms with Gasteiger partial charge in [0.2, 0.25) is 0 Å². The maximum atomic E-state index is 12.8. The van der Waals surface area contributed by atoms with Gasteiger partial charge in [-0.25, -0.2) is 9.48 Å². The molecule has 1 aliphatic heterocycles. The summed E-state index contributed by atoms with van der Waals surface area (Å²) >= 11 is 1.49. The predicted molar refractivity (Wildman–Crippen MR) is 105 cm³/mol. The maximum absolute atomic E-state index is 12.8. The van der Waals surface area contributed by atoms with Gasteiger partial charge in [-0.05, 0) is 41.8 Å². The molecule has 0 unspecified atom stereocenters. The Morgan fingerprint density at radius 1 is 1.29 bits per heavy atom. The van der Waals surface area contributed by atoms with Crippen LogP contribution in [0.25, 0.3) is 0 Å². The first kappa shape index (κ1) is 17.8. The largest absolute Gasteiger partial charge is 0.497 e. The van der Waals surface area contributed by atoms with E-state index < -0.39 is 17.9 Å². The number of fused-ring (bicyclic) bond motifs is 1. The zero-order valence-corrected chi connectivity index (χ0v) is 15.6. The first-order chi connectivity index (χ1) is 13.6. The van der Waals surface area contributed by atoms with Gasteiger partial charge >= 0.3 is 5.97 Å². The lowest BCUT2D eigenvalue weighted by atomic mass is 10.1. The lowest BCUT2D eigenvalue weighted by Gasteiger charge is -2.23. The molecule has 142 valence electrons. The number of aliphatic carboxylic acids is 1. The molecule has 3 N–H and O–H groups in total. The molecule has 0 aliphatic carbocycles. The monoisotopic (exact) mass is 396 g/mol. The number of carboxylic acids is 1. The van der Waals surface area contributed by atoms with Crippen LogP contribution in [0.2, 0.25) is 0 Å². The minimum atomic E-state index is -1.10. The number of rotatable bonds is 5. The second-order valence-electron chi connectivity index (χ2n) is 6.00. The van der Waals surface area contributed by atoms with Gasteiger partial charge in [0.15, 0.2) is 0 Å².